The Kier molecular flexibility index (Phi) is 9.83. The lowest BCUT2D eigenvalue weighted by molar-refractivity contribution is -0.140. The van der Waals surface area contributed by atoms with Crippen LogP contribution in [-0.2, 0) is 14.3 Å². The molecular weight excluding hydrogens is 498 g/mol. The monoisotopic (exact) mass is 531 g/mol. The van der Waals surface area contributed by atoms with Crippen molar-refractivity contribution in [1.82, 2.24) is 4.90 Å². The molecule has 1 saturated heterocycles. The minimum atomic E-state index is -0.838. The number of halogens is 1. The lowest BCUT2D eigenvalue weighted by atomic mass is 9.95. The van der Waals surface area contributed by atoms with Crippen LogP contribution in [0.3, 0.4) is 0 Å². The second-order valence-corrected chi connectivity index (χ2v) is 9.09. The predicted molar refractivity (Wildman–Crippen MR) is 141 cm³/mol. The number of aliphatic hydroxyl groups excluding tert-OH is 1. The first kappa shape index (κ1) is 28.3. The number of benzene rings is 2. The molecular formula is C28H34ClNO7. The summed E-state index contributed by atoms with van der Waals surface area (Å²) in [7, 11) is 1.54. The fourth-order valence-electron chi connectivity index (χ4n) is 4.22. The Balaban J connectivity index is 2.13. The van der Waals surface area contributed by atoms with Gasteiger partial charge in [-0.2, -0.15) is 0 Å². The van der Waals surface area contributed by atoms with Gasteiger partial charge < -0.3 is 29.0 Å². The van der Waals surface area contributed by atoms with Crippen LogP contribution in [0.2, 0.25) is 5.02 Å². The van der Waals surface area contributed by atoms with E-state index >= 15 is 0 Å². The summed E-state index contributed by atoms with van der Waals surface area (Å²) in [5.74, 6) is -0.408. The quantitative estimate of drug-likeness (QED) is 0.170. The number of carbonyl (C=O) groups is 2. The number of amides is 1. The maximum atomic E-state index is 13.3. The maximum Gasteiger partial charge on any atom is 0.295 e. The predicted octanol–water partition coefficient (Wildman–Crippen LogP) is 5.38. The van der Waals surface area contributed by atoms with Crippen LogP contribution < -0.4 is 14.2 Å². The Morgan fingerprint density at radius 2 is 1.73 bits per heavy atom. The van der Waals surface area contributed by atoms with Gasteiger partial charge in [0.1, 0.15) is 11.5 Å². The molecule has 1 aliphatic heterocycles. The first-order valence-corrected chi connectivity index (χ1v) is 12.7. The third-order valence-corrected chi connectivity index (χ3v) is 6.15. The van der Waals surface area contributed by atoms with Gasteiger partial charge in [-0.05, 0) is 70.0 Å². The summed E-state index contributed by atoms with van der Waals surface area (Å²) in [6.07, 6.45) is 0.567. The molecule has 9 heteroatoms. The van der Waals surface area contributed by atoms with Gasteiger partial charge in [-0.25, -0.2) is 0 Å². The van der Waals surface area contributed by atoms with E-state index in [1.54, 1.807) is 36.4 Å². The molecule has 200 valence electrons. The summed E-state index contributed by atoms with van der Waals surface area (Å²) >= 11 is 6.22. The van der Waals surface area contributed by atoms with E-state index in [0.29, 0.717) is 59.6 Å². The molecule has 2 aromatic rings. The van der Waals surface area contributed by atoms with Gasteiger partial charge in [0.15, 0.2) is 11.5 Å². The first-order chi connectivity index (χ1) is 17.7. The molecule has 8 nitrogen and oxygen atoms in total. The molecule has 1 N–H and O–H groups in total. The SMILES string of the molecule is CCOc1cc(/C(O)=C2/C(=O)C(=O)N(CCCOC(C)C)C2c2ccc(OC)c(OCC)c2)ccc1Cl. The average Bonchev–Trinajstić information content (AvgIpc) is 3.12. The lowest BCUT2D eigenvalue weighted by Crippen LogP contribution is -2.31. The van der Waals surface area contributed by atoms with Crippen molar-refractivity contribution < 1.29 is 33.6 Å². The zero-order valence-electron chi connectivity index (χ0n) is 21.9. The number of hydrogen-bond acceptors (Lipinski definition) is 7. The largest absolute Gasteiger partial charge is 0.507 e. The van der Waals surface area contributed by atoms with Gasteiger partial charge in [0, 0.05) is 18.7 Å². The fraction of sp³-hybridized carbons (Fsp3) is 0.429. The molecule has 0 bridgehead atoms. The molecule has 0 radical (unpaired) electrons. The molecule has 1 atom stereocenters. The number of ketones is 1. The van der Waals surface area contributed by atoms with E-state index in [-0.39, 0.29) is 24.0 Å². The topological polar surface area (TPSA) is 94.5 Å². The van der Waals surface area contributed by atoms with E-state index in [0.717, 1.165) is 0 Å². The Morgan fingerprint density at radius 1 is 1.03 bits per heavy atom. The van der Waals surface area contributed by atoms with Crippen LogP contribution in [0.4, 0.5) is 0 Å². The van der Waals surface area contributed by atoms with Gasteiger partial charge in [0.05, 0.1) is 43.1 Å². The van der Waals surface area contributed by atoms with Crippen molar-refractivity contribution in [3.8, 4) is 17.2 Å². The highest BCUT2D eigenvalue weighted by atomic mass is 35.5. The summed E-state index contributed by atoms with van der Waals surface area (Å²) in [6, 6.07) is 9.10. The molecule has 1 unspecified atom stereocenters. The van der Waals surface area contributed by atoms with Crippen molar-refractivity contribution in [3.05, 3.63) is 58.1 Å². The summed E-state index contributed by atoms with van der Waals surface area (Å²) in [4.78, 5) is 28.0. The molecule has 0 spiro atoms. The molecule has 1 amide bonds. The Labute approximate surface area is 222 Å². The van der Waals surface area contributed by atoms with Crippen LogP contribution in [0, 0.1) is 0 Å². The number of methoxy groups -OCH3 is 1. The Hall–Kier alpha value is -3.23. The summed E-state index contributed by atoms with van der Waals surface area (Å²) < 4.78 is 22.3. The van der Waals surface area contributed by atoms with E-state index < -0.39 is 17.7 Å². The van der Waals surface area contributed by atoms with Gasteiger partial charge >= 0.3 is 0 Å². The third-order valence-electron chi connectivity index (χ3n) is 5.84. The number of ether oxygens (including phenoxy) is 4. The molecule has 37 heavy (non-hydrogen) atoms. The molecule has 1 heterocycles. The number of likely N-dealkylation sites (tertiary alicyclic amines) is 1. The summed E-state index contributed by atoms with van der Waals surface area (Å²) in [6.45, 7) is 8.99. The molecule has 1 aliphatic rings. The van der Waals surface area contributed by atoms with Gasteiger partial charge in [-0.1, -0.05) is 17.7 Å². The molecule has 2 aromatic carbocycles. The van der Waals surface area contributed by atoms with E-state index in [1.807, 2.05) is 27.7 Å². The van der Waals surface area contributed by atoms with Crippen LogP contribution in [0.15, 0.2) is 42.0 Å². The van der Waals surface area contributed by atoms with Crippen molar-refractivity contribution in [3.63, 3.8) is 0 Å². The number of Topliss-reactive ketones (excluding diaryl/α,β-unsaturated/α-hetero) is 1. The number of rotatable bonds is 12. The summed E-state index contributed by atoms with van der Waals surface area (Å²) in [5, 5.41) is 11.7. The van der Waals surface area contributed by atoms with Gasteiger partial charge in [-0.15, -0.1) is 0 Å². The zero-order valence-corrected chi connectivity index (χ0v) is 22.6. The molecule has 1 fully saturated rings. The lowest BCUT2D eigenvalue weighted by Gasteiger charge is -2.26. The van der Waals surface area contributed by atoms with Crippen LogP contribution in [0.5, 0.6) is 17.2 Å². The zero-order chi connectivity index (χ0) is 27.1. The van der Waals surface area contributed by atoms with E-state index in [9.17, 15) is 14.7 Å². The van der Waals surface area contributed by atoms with Gasteiger partial charge in [0.2, 0.25) is 0 Å². The van der Waals surface area contributed by atoms with E-state index in [4.69, 9.17) is 30.5 Å². The molecule has 0 saturated carbocycles. The van der Waals surface area contributed by atoms with Crippen molar-refractivity contribution >= 4 is 29.1 Å². The molecule has 0 aromatic heterocycles. The number of hydrogen-bond donors (Lipinski definition) is 1. The maximum absolute atomic E-state index is 13.3. The highest BCUT2D eigenvalue weighted by Crippen LogP contribution is 2.42. The smallest absolute Gasteiger partial charge is 0.295 e. The minimum Gasteiger partial charge on any atom is -0.507 e. The Morgan fingerprint density at radius 3 is 2.38 bits per heavy atom. The van der Waals surface area contributed by atoms with Crippen molar-refractivity contribution in [2.75, 3.05) is 33.5 Å². The second-order valence-electron chi connectivity index (χ2n) is 8.69. The molecule has 0 aliphatic carbocycles. The third kappa shape index (κ3) is 6.37. The van der Waals surface area contributed by atoms with Crippen LogP contribution in [0.25, 0.3) is 5.76 Å². The van der Waals surface area contributed by atoms with Gasteiger partial charge in [0.25, 0.3) is 11.7 Å². The minimum absolute atomic E-state index is 0.0211. The average molecular weight is 532 g/mol. The van der Waals surface area contributed by atoms with E-state index in [2.05, 4.69) is 0 Å². The summed E-state index contributed by atoms with van der Waals surface area (Å²) in [5.41, 5.74) is 0.901. The van der Waals surface area contributed by atoms with Crippen LogP contribution in [-0.4, -0.2) is 61.3 Å². The number of carbonyl (C=O) groups excluding carboxylic acids is 2. The van der Waals surface area contributed by atoms with Crippen LogP contribution >= 0.6 is 11.6 Å². The highest BCUT2D eigenvalue weighted by molar-refractivity contribution is 6.46. The fourth-order valence-corrected chi connectivity index (χ4v) is 4.39. The van der Waals surface area contributed by atoms with Crippen LogP contribution in [0.1, 0.15) is 51.3 Å². The van der Waals surface area contributed by atoms with Crippen molar-refractivity contribution in [1.29, 1.82) is 0 Å². The number of nitrogens with zero attached hydrogens (tertiary/aromatic N) is 1. The second kappa shape index (κ2) is 12.8. The normalized spacial score (nSPS) is 16.9. The first-order valence-electron chi connectivity index (χ1n) is 12.4. The van der Waals surface area contributed by atoms with Crippen molar-refractivity contribution in [2.45, 2.75) is 46.3 Å². The van der Waals surface area contributed by atoms with Crippen molar-refractivity contribution in [2.24, 2.45) is 0 Å². The standard InChI is InChI=1S/C28H34ClNO7/c1-6-35-22-16-19(9-11-20(22)29)26(31)24-25(18-10-12-21(34-5)23(15-18)36-7-2)30(28(33)27(24)32)13-8-14-37-17(3)4/h9-12,15-17,25,31H,6-8,13-14H2,1-5H3/b26-24-. The van der Waals surface area contributed by atoms with Gasteiger partial charge in [-0.3, -0.25) is 9.59 Å². The number of aliphatic hydroxyl groups is 1. The molecule has 3 rings (SSSR count). The Bertz CT molecular complexity index is 1160. The van der Waals surface area contributed by atoms with E-state index in [1.165, 1.54) is 12.0 Å². The highest BCUT2D eigenvalue weighted by Gasteiger charge is 2.46.